The molecule has 0 bridgehead atoms. The number of anilines is 1. The van der Waals surface area contributed by atoms with Crippen LogP contribution in [0.15, 0.2) is 34.9 Å². The Hall–Kier alpha value is -1.88. The Labute approximate surface area is 106 Å². The molecule has 5 heteroatoms. The number of hydrogen-bond donors (Lipinski definition) is 1. The number of hydrogen-bond acceptors (Lipinski definition) is 5. The lowest BCUT2D eigenvalue weighted by molar-refractivity contribution is 0.399. The lowest BCUT2D eigenvalue weighted by atomic mass is 10.1. The summed E-state index contributed by atoms with van der Waals surface area (Å²) in [6.45, 7) is 3.78. The van der Waals surface area contributed by atoms with Gasteiger partial charge in [0.05, 0.1) is 0 Å². The molecule has 0 aliphatic carbocycles. The largest absolute Gasteiger partial charge is 0.324 e. The van der Waals surface area contributed by atoms with Crippen LogP contribution in [0.25, 0.3) is 0 Å². The van der Waals surface area contributed by atoms with E-state index in [9.17, 15) is 0 Å². The molecular formula is C13H16N4O. The van der Waals surface area contributed by atoms with Crippen LogP contribution < -0.4 is 10.2 Å². The third-order valence-electron chi connectivity index (χ3n) is 3.05. The smallest absolute Gasteiger partial charge is 0.322 e. The predicted molar refractivity (Wildman–Crippen MR) is 68.6 cm³/mol. The summed E-state index contributed by atoms with van der Waals surface area (Å²) >= 11 is 0. The van der Waals surface area contributed by atoms with Crippen LogP contribution in [0.4, 0.5) is 6.01 Å². The van der Waals surface area contributed by atoms with Crippen LogP contribution in [-0.2, 0) is 6.42 Å². The molecule has 94 valence electrons. The summed E-state index contributed by atoms with van der Waals surface area (Å²) in [6.07, 6.45) is 0.719. The third kappa shape index (κ3) is 2.51. The SMILES string of the molecule is c1ccc(Cc2noc(N3CCNCC3)n2)cc1. The molecule has 1 aromatic carbocycles. The van der Waals surface area contributed by atoms with Crippen LogP contribution in [0.5, 0.6) is 0 Å². The Bertz CT molecular complexity index is 491. The van der Waals surface area contributed by atoms with Crippen molar-refractivity contribution in [3.05, 3.63) is 41.7 Å². The van der Waals surface area contributed by atoms with Gasteiger partial charge in [0.1, 0.15) is 0 Å². The summed E-state index contributed by atoms with van der Waals surface area (Å²) in [5.41, 5.74) is 1.20. The van der Waals surface area contributed by atoms with Crippen molar-refractivity contribution in [2.75, 3.05) is 31.1 Å². The van der Waals surface area contributed by atoms with Gasteiger partial charge in [-0.05, 0) is 5.56 Å². The molecule has 2 heterocycles. The van der Waals surface area contributed by atoms with E-state index in [1.165, 1.54) is 5.56 Å². The van der Waals surface area contributed by atoms with Crippen LogP contribution >= 0.6 is 0 Å². The van der Waals surface area contributed by atoms with Gasteiger partial charge in [0, 0.05) is 32.6 Å². The zero-order valence-corrected chi connectivity index (χ0v) is 10.2. The first-order valence-corrected chi connectivity index (χ1v) is 6.24. The van der Waals surface area contributed by atoms with Crippen molar-refractivity contribution in [1.29, 1.82) is 0 Å². The fraction of sp³-hybridized carbons (Fsp3) is 0.385. The van der Waals surface area contributed by atoms with Gasteiger partial charge >= 0.3 is 6.01 Å². The van der Waals surface area contributed by atoms with E-state index < -0.39 is 0 Å². The van der Waals surface area contributed by atoms with Crippen LogP contribution in [0, 0.1) is 0 Å². The molecule has 1 aromatic heterocycles. The van der Waals surface area contributed by atoms with E-state index in [4.69, 9.17) is 4.52 Å². The van der Waals surface area contributed by atoms with Crippen molar-refractivity contribution >= 4 is 6.01 Å². The second-order valence-corrected chi connectivity index (χ2v) is 4.39. The number of benzene rings is 1. The summed E-state index contributed by atoms with van der Waals surface area (Å²) in [5.74, 6) is 0.745. The second kappa shape index (κ2) is 5.18. The molecule has 5 nitrogen and oxygen atoms in total. The summed E-state index contributed by atoms with van der Waals surface area (Å²) < 4.78 is 5.31. The highest BCUT2D eigenvalue weighted by atomic mass is 16.5. The zero-order valence-electron chi connectivity index (χ0n) is 10.2. The Morgan fingerprint density at radius 2 is 1.94 bits per heavy atom. The minimum atomic E-state index is 0.641. The maximum absolute atomic E-state index is 5.31. The Morgan fingerprint density at radius 3 is 2.72 bits per heavy atom. The zero-order chi connectivity index (χ0) is 12.2. The van der Waals surface area contributed by atoms with Crippen molar-refractivity contribution in [3.63, 3.8) is 0 Å². The van der Waals surface area contributed by atoms with Crippen LogP contribution in [0.2, 0.25) is 0 Å². The molecular weight excluding hydrogens is 228 g/mol. The van der Waals surface area contributed by atoms with Gasteiger partial charge in [0.2, 0.25) is 0 Å². The van der Waals surface area contributed by atoms with Gasteiger partial charge in [-0.2, -0.15) is 4.98 Å². The van der Waals surface area contributed by atoms with Crippen LogP contribution in [-0.4, -0.2) is 36.3 Å². The molecule has 1 N–H and O–H groups in total. The summed E-state index contributed by atoms with van der Waals surface area (Å²) in [7, 11) is 0. The minimum Gasteiger partial charge on any atom is -0.322 e. The van der Waals surface area contributed by atoms with Crippen molar-refractivity contribution in [3.8, 4) is 0 Å². The summed E-state index contributed by atoms with van der Waals surface area (Å²) in [6, 6.07) is 10.8. The minimum absolute atomic E-state index is 0.641. The average molecular weight is 244 g/mol. The van der Waals surface area contributed by atoms with Gasteiger partial charge in [-0.1, -0.05) is 35.5 Å². The molecule has 1 saturated heterocycles. The molecule has 0 atom stereocenters. The van der Waals surface area contributed by atoms with Gasteiger partial charge in [-0.25, -0.2) is 0 Å². The van der Waals surface area contributed by atoms with E-state index in [1.54, 1.807) is 0 Å². The molecule has 1 aliphatic rings. The Balaban J connectivity index is 1.69. The number of rotatable bonds is 3. The van der Waals surface area contributed by atoms with Crippen molar-refractivity contribution in [2.24, 2.45) is 0 Å². The van der Waals surface area contributed by atoms with Crippen LogP contribution in [0.3, 0.4) is 0 Å². The second-order valence-electron chi connectivity index (χ2n) is 4.39. The Morgan fingerprint density at radius 1 is 1.17 bits per heavy atom. The molecule has 1 fully saturated rings. The first-order valence-electron chi connectivity index (χ1n) is 6.24. The number of aromatic nitrogens is 2. The molecule has 0 saturated carbocycles. The van der Waals surface area contributed by atoms with Gasteiger partial charge in [0.15, 0.2) is 5.82 Å². The van der Waals surface area contributed by atoms with E-state index in [2.05, 4.69) is 32.5 Å². The van der Waals surface area contributed by atoms with E-state index in [0.717, 1.165) is 38.4 Å². The Kier molecular flexibility index (Phi) is 3.23. The maximum Gasteiger partial charge on any atom is 0.324 e. The fourth-order valence-electron chi connectivity index (χ4n) is 2.08. The molecule has 2 aromatic rings. The summed E-state index contributed by atoms with van der Waals surface area (Å²) in [4.78, 5) is 6.57. The van der Waals surface area contributed by atoms with Crippen molar-refractivity contribution in [1.82, 2.24) is 15.5 Å². The standard InChI is InChI=1S/C13H16N4O/c1-2-4-11(5-3-1)10-12-15-13(18-16-12)17-8-6-14-7-9-17/h1-5,14H,6-10H2. The van der Waals surface area contributed by atoms with Gasteiger partial charge < -0.3 is 14.7 Å². The van der Waals surface area contributed by atoms with Crippen LogP contribution in [0.1, 0.15) is 11.4 Å². The topological polar surface area (TPSA) is 54.2 Å². The first-order chi connectivity index (χ1) is 8.92. The van der Waals surface area contributed by atoms with Crippen molar-refractivity contribution < 1.29 is 4.52 Å². The number of nitrogens with one attached hydrogen (secondary N) is 1. The normalized spacial score (nSPS) is 15.9. The monoisotopic (exact) mass is 244 g/mol. The molecule has 1 aliphatic heterocycles. The fourth-order valence-corrected chi connectivity index (χ4v) is 2.08. The van der Waals surface area contributed by atoms with Gasteiger partial charge in [-0.3, -0.25) is 0 Å². The molecule has 3 rings (SSSR count). The highest BCUT2D eigenvalue weighted by Gasteiger charge is 2.16. The molecule has 0 unspecified atom stereocenters. The lowest BCUT2D eigenvalue weighted by Gasteiger charge is -2.24. The van der Waals surface area contributed by atoms with E-state index >= 15 is 0 Å². The molecule has 0 spiro atoms. The summed E-state index contributed by atoms with van der Waals surface area (Å²) in [5, 5.41) is 7.34. The predicted octanol–water partition coefficient (Wildman–Crippen LogP) is 1.07. The van der Waals surface area contributed by atoms with E-state index in [1.807, 2.05) is 18.2 Å². The van der Waals surface area contributed by atoms with Crippen molar-refractivity contribution in [2.45, 2.75) is 6.42 Å². The van der Waals surface area contributed by atoms with Gasteiger partial charge in [0.25, 0.3) is 0 Å². The molecule has 18 heavy (non-hydrogen) atoms. The van der Waals surface area contributed by atoms with Gasteiger partial charge in [-0.15, -0.1) is 0 Å². The number of nitrogens with zero attached hydrogens (tertiary/aromatic N) is 3. The molecule has 0 amide bonds. The average Bonchev–Trinajstić information content (AvgIpc) is 2.89. The maximum atomic E-state index is 5.31. The highest BCUT2D eigenvalue weighted by molar-refractivity contribution is 5.27. The molecule has 0 radical (unpaired) electrons. The lowest BCUT2D eigenvalue weighted by Crippen LogP contribution is -2.43. The highest BCUT2D eigenvalue weighted by Crippen LogP contribution is 2.13. The number of piperazine rings is 1. The van der Waals surface area contributed by atoms with E-state index in [-0.39, 0.29) is 0 Å². The first kappa shape index (κ1) is 11.2. The van der Waals surface area contributed by atoms with E-state index in [0.29, 0.717) is 6.01 Å². The third-order valence-corrected chi connectivity index (χ3v) is 3.05. The quantitative estimate of drug-likeness (QED) is 0.875.